The summed E-state index contributed by atoms with van der Waals surface area (Å²) in [6, 6.07) is 4.22. The third-order valence-corrected chi connectivity index (χ3v) is 6.57. The number of amides is 1. The standard InChI is InChI=1S/C27H41N3O5/c1-8-18-10-12-20(13-11-18)30-16-19-14-23(28-25(32)35-26(3,4)5)21(15-22(19)29-30)27(6,7)34-17-24(31)33-9-2/h14-16,18,20H,8-13,17H2,1-7H3,(H,28,32)/t18-,20-. The largest absolute Gasteiger partial charge is 0.464 e. The number of hydrogen-bond acceptors (Lipinski definition) is 6. The number of nitrogens with one attached hydrogen (secondary N) is 1. The second kappa shape index (κ2) is 11.0. The van der Waals surface area contributed by atoms with Gasteiger partial charge in [0.25, 0.3) is 0 Å². The van der Waals surface area contributed by atoms with Crippen LogP contribution in [0.1, 0.15) is 92.2 Å². The van der Waals surface area contributed by atoms with Crippen molar-refractivity contribution in [2.24, 2.45) is 5.92 Å². The number of anilines is 1. The molecular formula is C27H41N3O5. The van der Waals surface area contributed by atoms with Crippen LogP contribution >= 0.6 is 0 Å². The molecule has 0 bridgehead atoms. The SMILES string of the molecule is CCOC(=O)COC(C)(C)c1cc2nn([C@H]3CC[C@H](CC)CC3)cc2cc1NC(=O)OC(C)(C)C. The number of rotatable bonds is 8. The highest BCUT2D eigenvalue weighted by atomic mass is 16.6. The molecule has 1 saturated carbocycles. The maximum absolute atomic E-state index is 12.6. The first-order valence-electron chi connectivity index (χ1n) is 12.7. The van der Waals surface area contributed by atoms with Gasteiger partial charge < -0.3 is 14.2 Å². The molecule has 8 nitrogen and oxygen atoms in total. The van der Waals surface area contributed by atoms with Gasteiger partial charge in [-0.05, 0) is 85.3 Å². The van der Waals surface area contributed by atoms with Crippen LogP contribution in [-0.2, 0) is 24.6 Å². The van der Waals surface area contributed by atoms with Crippen molar-refractivity contribution in [2.75, 3.05) is 18.5 Å². The fourth-order valence-corrected chi connectivity index (χ4v) is 4.63. The van der Waals surface area contributed by atoms with Crippen molar-refractivity contribution in [3.05, 3.63) is 23.9 Å². The van der Waals surface area contributed by atoms with Gasteiger partial charge in [-0.25, -0.2) is 9.59 Å². The van der Waals surface area contributed by atoms with Crippen molar-refractivity contribution in [1.82, 2.24) is 9.78 Å². The molecular weight excluding hydrogens is 446 g/mol. The van der Waals surface area contributed by atoms with Gasteiger partial charge in [-0.3, -0.25) is 10.00 Å². The van der Waals surface area contributed by atoms with Crippen molar-refractivity contribution in [1.29, 1.82) is 0 Å². The Morgan fingerprint density at radius 2 is 1.77 bits per heavy atom. The van der Waals surface area contributed by atoms with E-state index in [2.05, 4.69) is 23.1 Å². The number of nitrogens with zero attached hydrogens (tertiary/aromatic N) is 2. The lowest BCUT2D eigenvalue weighted by Gasteiger charge is -2.28. The van der Waals surface area contributed by atoms with Crippen LogP contribution in [-0.4, -0.2) is 40.7 Å². The van der Waals surface area contributed by atoms with Gasteiger partial charge in [0, 0.05) is 17.1 Å². The van der Waals surface area contributed by atoms with Crippen LogP contribution in [0.25, 0.3) is 10.9 Å². The zero-order valence-electron chi connectivity index (χ0n) is 22.3. The predicted molar refractivity (Wildman–Crippen MR) is 136 cm³/mol. The topological polar surface area (TPSA) is 91.7 Å². The summed E-state index contributed by atoms with van der Waals surface area (Å²) in [5.74, 6) is 0.375. The first-order chi connectivity index (χ1) is 16.4. The predicted octanol–water partition coefficient (Wildman–Crippen LogP) is 6.34. The van der Waals surface area contributed by atoms with E-state index in [9.17, 15) is 9.59 Å². The number of ether oxygens (including phenoxy) is 3. The summed E-state index contributed by atoms with van der Waals surface area (Å²) in [6.45, 7) is 13.3. The van der Waals surface area contributed by atoms with Gasteiger partial charge in [-0.1, -0.05) is 13.3 Å². The second-order valence-electron chi connectivity index (χ2n) is 10.9. The van der Waals surface area contributed by atoms with Crippen LogP contribution in [0.5, 0.6) is 0 Å². The Morgan fingerprint density at radius 3 is 2.37 bits per heavy atom. The molecule has 194 valence electrons. The lowest BCUT2D eigenvalue weighted by atomic mass is 9.85. The highest BCUT2D eigenvalue weighted by molar-refractivity contribution is 5.92. The maximum atomic E-state index is 12.6. The van der Waals surface area contributed by atoms with Crippen LogP contribution in [0.3, 0.4) is 0 Å². The second-order valence-corrected chi connectivity index (χ2v) is 10.9. The van der Waals surface area contributed by atoms with Crippen LogP contribution in [0.4, 0.5) is 10.5 Å². The van der Waals surface area contributed by atoms with Gasteiger partial charge >= 0.3 is 12.1 Å². The van der Waals surface area contributed by atoms with Crippen molar-refractivity contribution in [3.63, 3.8) is 0 Å². The molecule has 0 radical (unpaired) electrons. The van der Waals surface area contributed by atoms with E-state index in [1.54, 1.807) is 6.92 Å². The highest BCUT2D eigenvalue weighted by Crippen LogP contribution is 2.37. The smallest absolute Gasteiger partial charge is 0.412 e. The zero-order chi connectivity index (χ0) is 25.8. The van der Waals surface area contributed by atoms with E-state index < -0.39 is 23.3 Å². The molecule has 0 unspecified atom stereocenters. The Hall–Kier alpha value is -2.61. The summed E-state index contributed by atoms with van der Waals surface area (Å²) < 4.78 is 18.5. The van der Waals surface area contributed by atoms with Crippen LogP contribution in [0.15, 0.2) is 18.3 Å². The number of aromatic nitrogens is 2. The minimum absolute atomic E-state index is 0.195. The number of esters is 1. The third-order valence-electron chi connectivity index (χ3n) is 6.57. The molecule has 3 rings (SSSR count). The molecule has 1 fully saturated rings. The number of hydrogen-bond donors (Lipinski definition) is 1. The van der Waals surface area contributed by atoms with Gasteiger partial charge in [0.1, 0.15) is 12.2 Å². The van der Waals surface area contributed by atoms with E-state index in [4.69, 9.17) is 19.3 Å². The highest BCUT2D eigenvalue weighted by Gasteiger charge is 2.29. The van der Waals surface area contributed by atoms with Crippen molar-refractivity contribution in [3.8, 4) is 0 Å². The Kier molecular flexibility index (Phi) is 8.46. The average Bonchev–Trinajstić information content (AvgIpc) is 3.19. The van der Waals surface area contributed by atoms with E-state index in [1.165, 1.54) is 19.3 Å². The number of fused-ring (bicyclic) bond motifs is 1. The lowest BCUT2D eigenvalue weighted by Crippen LogP contribution is -2.30. The monoisotopic (exact) mass is 487 g/mol. The van der Waals surface area contributed by atoms with E-state index in [0.29, 0.717) is 17.3 Å². The summed E-state index contributed by atoms with van der Waals surface area (Å²) >= 11 is 0. The molecule has 1 heterocycles. The van der Waals surface area contributed by atoms with Crippen LogP contribution in [0.2, 0.25) is 0 Å². The van der Waals surface area contributed by atoms with Gasteiger partial charge in [-0.15, -0.1) is 0 Å². The normalized spacial score (nSPS) is 18.9. The Morgan fingerprint density at radius 1 is 1.09 bits per heavy atom. The minimum atomic E-state index is -0.895. The quantitative estimate of drug-likeness (QED) is 0.437. The first kappa shape index (κ1) is 27.0. The molecule has 1 aromatic carbocycles. The minimum Gasteiger partial charge on any atom is -0.464 e. The summed E-state index contributed by atoms with van der Waals surface area (Å²) in [7, 11) is 0. The van der Waals surface area contributed by atoms with E-state index >= 15 is 0 Å². The van der Waals surface area contributed by atoms with E-state index in [-0.39, 0.29) is 13.2 Å². The van der Waals surface area contributed by atoms with E-state index in [0.717, 1.165) is 29.7 Å². The van der Waals surface area contributed by atoms with Crippen LogP contribution < -0.4 is 5.32 Å². The molecule has 0 saturated heterocycles. The molecule has 1 aliphatic rings. The molecule has 35 heavy (non-hydrogen) atoms. The summed E-state index contributed by atoms with van der Waals surface area (Å²) in [5, 5.41) is 8.71. The number of benzene rings is 1. The molecule has 0 spiro atoms. The Bertz CT molecular complexity index is 1030. The number of carbonyl (C=O) groups is 2. The van der Waals surface area contributed by atoms with Crippen molar-refractivity contribution in [2.45, 2.75) is 97.8 Å². The van der Waals surface area contributed by atoms with Crippen molar-refractivity contribution < 1.29 is 23.8 Å². The van der Waals surface area contributed by atoms with Gasteiger partial charge in [0.2, 0.25) is 0 Å². The zero-order valence-corrected chi connectivity index (χ0v) is 22.3. The molecule has 1 aliphatic carbocycles. The molecule has 2 aromatic rings. The average molecular weight is 488 g/mol. The fraction of sp³-hybridized carbons (Fsp3) is 0.667. The third kappa shape index (κ3) is 7.19. The maximum Gasteiger partial charge on any atom is 0.412 e. The Balaban J connectivity index is 1.93. The molecule has 0 atom stereocenters. The Labute approximate surface area is 208 Å². The van der Waals surface area contributed by atoms with Gasteiger partial charge in [0.15, 0.2) is 0 Å². The summed E-state index contributed by atoms with van der Waals surface area (Å²) in [5.41, 5.74) is 0.566. The first-order valence-corrected chi connectivity index (χ1v) is 12.7. The number of carbonyl (C=O) groups excluding carboxylic acids is 2. The van der Waals surface area contributed by atoms with E-state index in [1.807, 2.05) is 46.8 Å². The van der Waals surface area contributed by atoms with Gasteiger partial charge in [-0.2, -0.15) is 5.10 Å². The van der Waals surface area contributed by atoms with Gasteiger partial charge in [0.05, 0.1) is 29.5 Å². The van der Waals surface area contributed by atoms with Crippen molar-refractivity contribution >= 4 is 28.7 Å². The molecule has 1 N–H and O–H groups in total. The van der Waals surface area contributed by atoms with Crippen LogP contribution in [0, 0.1) is 5.92 Å². The lowest BCUT2D eigenvalue weighted by molar-refractivity contribution is -0.154. The fourth-order valence-electron chi connectivity index (χ4n) is 4.63. The molecule has 1 aromatic heterocycles. The molecule has 0 aliphatic heterocycles. The molecule has 1 amide bonds. The summed E-state index contributed by atoms with van der Waals surface area (Å²) in [6.07, 6.45) is 7.43. The molecule has 8 heteroatoms. The summed E-state index contributed by atoms with van der Waals surface area (Å²) in [4.78, 5) is 24.6.